The first-order chi connectivity index (χ1) is 16.3. The van der Waals surface area contributed by atoms with E-state index in [4.69, 9.17) is 9.84 Å². The number of benzene rings is 2. The Morgan fingerprint density at radius 2 is 1.26 bits per heavy atom. The predicted octanol–water partition coefficient (Wildman–Crippen LogP) is 4.15. The number of aromatic carboxylic acids is 1. The molecule has 0 saturated carbocycles. The summed E-state index contributed by atoms with van der Waals surface area (Å²) in [6.07, 6.45) is 1.06. The van der Waals surface area contributed by atoms with Gasteiger partial charge in [-0.05, 0) is 54.4 Å². The summed E-state index contributed by atoms with van der Waals surface area (Å²) in [5, 5.41) is 21.6. The molecule has 0 spiro atoms. The second kappa shape index (κ2) is 11.5. The third-order valence-corrected chi connectivity index (χ3v) is 4.58. The summed E-state index contributed by atoms with van der Waals surface area (Å²) < 4.78 is 30.2. The molecule has 0 aliphatic rings. The quantitative estimate of drug-likeness (QED) is 0.350. The van der Waals surface area contributed by atoms with Crippen molar-refractivity contribution in [2.45, 2.75) is 19.8 Å². The number of nitrogens with zero attached hydrogens (tertiary/aromatic N) is 2. The number of nitrogens with one attached hydrogen (secondary N) is 2. The Bertz CT molecular complexity index is 1230. The van der Waals surface area contributed by atoms with Crippen LogP contribution in [0.1, 0.15) is 50.4 Å². The zero-order chi connectivity index (χ0) is 24.5. The number of carboxylic acid groups (broad SMARTS) is 1. The monoisotopic (exact) mass is 468 g/mol. The Morgan fingerprint density at radius 1 is 0.824 bits per heavy atom. The molecule has 4 rings (SSSR count). The number of esters is 1. The highest BCUT2D eigenvalue weighted by Gasteiger charge is 2.11. The minimum absolute atomic E-state index is 0.0166. The molecule has 0 unspecified atom stereocenters. The molecule has 10 heteroatoms. The van der Waals surface area contributed by atoms with Crippen LogP contribution in [0.25, 0.3) is 0 Å². The molecule has 4 aromatic rings. The molecule has 0 radical (unpaired) electrons. The van der Waals surface area contributed by atoms with Crippen LogP contribution < -0.4 is 0 Å². The number of aromatic amines is 2. The van der Waals surface area contributed by atoms with Gasteiger partial charge in [-0.3, -0.25) is 10.2 Å². The summed E-state index contributed by atoms with van der Waals surface area (Å²) in [6, 6.07) is 15.3. The van der Waals surface area contributed by atoms with Gasteiger partial charge in [0.1, 0.15) is 11.6 Å². The lowest BCUT2D eigenvalue weighted by atomic mass is 10.1. The fraction of sp³-hybridized carbons (Fsp3) is 0.167. The largest absolute Gasteiger partial charge is 0.476 e. The predicted molar refractivity (Wildman–Crippen MR) is 119 cm³/mol. The van der Waals surface area contributed by atoms with Crippen LogP contribution in [0.15, 0.2) is 60.7 Å². The lowest BCUT2D eigenvalue weighted by Crippen LogP contribution is -2.04. The van der Waals surface area contributed by atoms with E-state index in [9.17, 15) is 18.4 Å². The zero-order valence-corrected chi connectivity index (χ0v) is 18.2. The standard InChI is InChI=1S/C13H13FN2O2.C11H9FN2O2/c1-2-18-13(17)12-8-11(15-16-12)7-9-3-5-10(14)6-4-9;12-8-3-1-7(2-4-8)5-9-6-10(11(15)16)14-13-9/h3-6,8H,2,7H2,1H3,(H,15,16);1-4,6H,5H2,(H,13,14)(H,15,16). The fourth-order valence-electron chi connectivity index (χ4n) is 2.97. The van der Waals surface area contributed by atoms with Gasteiger partial charge < -0.3 is 9.84 Å². The molecule has 176 valence electrons. The smallest absolute Gasteiger partial charge is 0.358 e. The SMILES string of the molecule is CCOC(=O)c1cc(Cc2ccc(F)cc2)[nH]n1.O=C(O)c1cc(Cc2ccc(F)cc2)[nH]n1. The van der Waals surface area contributed by atoms with Gasteiger partial charge in [0.2, 0.25) is 0 Å². The van der Waals surface area contributed by atoms with Gasteiger partial charge in [0, 0.05) is 24.2 Å². The molecule has 0 fully saturated rings. The van der Waals surface area contributed by atoms with Gasteiger partial charge >= 0.3 is 11.9 Å². The minimum Gasteiger partial charge on any atom is -0.476 e. The number of aromatic nitrogens is 4. The molecule has 34 heavy (non-hydrogen) atoms. The van der Waals surface area contributed by atoms with Crippen molar-refractivity contribution in [2.75, 3.05) is 6.61 Å². The van der Waals surface area contributed by atoms with Crippen LogP contribution in [0.4, 0.5) is 8.78 Å². The van der Waals surface area contributed by atoms with E-state index in [2.05, 4.69) is 20.4 Å². The van der Waals surface area contributed by atoms with Crippen molar-refractivity contribution in [2.24, 2.45) is 0 Å². The van der Waals surface area contributed by atoms with E-state index in [0.717, 1.165) is 16.8 Å². The van der Waals surface area contributed by atoms with Gasteiger partial charge in [-0.1, -0.05) is 24.3 Å². The van der Waals surface area contributed by atoms with Gasteiger partial charge in [-0.15, -0.1) is 0 Å². The maximum absolute atomic E-state index is 12.7. The van der Waals surface area contributed by atoms with E-state index in [-0.39, 0.29) is 23.0 Å². The topological polar surface area (TPSA) is 121 Å². The van der Waals surface area contributed by atoms with Crippen molar-refractivity contribution in [1.29, 1.82) is 0 Å². The highest BCUT2D eigenvalue weighted by Crippen LogP contribution is 2.11. The van der Waals surface area contributed by atoms with Crippen LogP contribution in [0, 0.1) is 11.6 Å². The van der Waals surface area contributed by atoms with E-state index in [1.54, 1.807) is 37.3 Å². The van der Waals surface area contributed by atoms with Crippen molar-refractivity contribution < 1.29 is 28.2 Å². The average Bonchev–Trinajstić information content (AvgIpc) is 3.48. The molecular weight excluding hydrogens is 446 g/mol. The molecule has 0 aliphatic heterocycles. The molecule has 3 N–H and O–H groups in total. The van der Waals surface area contributed by atoms with Crippen LogP contribution >= 0.6 is 0 Å². The number of halogens is 2. The number of H-pyrrole nitrogens is 2. The van der Waals surface area contributed by atoms with Crippen molar-refractivity contribution in [3.63, 3.8) is 0 Å². The van der Waals surface area contributed by atoms with Crippen molar-refractivity contribution in [3.8, 4) is 0 Å². The first-order valence-electron chi connectivity index (χ1n) is 10.3. The van der Waals surface area contributed by atoms with Crippen molar-refractivity contribution >= 4 is 11.9 Å². The van der Waals surface area contributed by atoms with Crippen molar-refractivity contribution in [1.82, 2.24) is 20.4 Å². The van der Waals surface area contributed by atoms with Gasteiger partial charge in [-0.25, -0.2) is 18.4 Å². The lowest BCUT2D eigenvalue weighted by Gasteiger charge is -1.97. The molecule has 0 amide bonds. The van der Waals surface area contributed by atoms with Crippen LogP contribution in [0.2, 0.25) is 0 Å². The maximum Gasteiger partial charge on any atom is 0.358 e. The molecule has 2 aromatic heterocycles. The Balaban J connectivity index is 0.000000192. The zero-order valence-electron chi connectivity index (χ0n) is 18.2. The molecule has 0 bridgehead atoms. The fourth-order valence-corrected chi connectivity index (χ4v) is 2.97. The molecule has 8 nitrogen and oxygen atoms in total. The maximum atomic E-state index is 12.7. The van der Waals surface area contributed by atoms with Gasteiger partial charge in [0.05, 0.1) is 6.61 Å². The number of ether oxygens (including phenoxy) is 1. The van der Waals surface area contributed by atoms with Crippen LogP contribution in [-0.4, -0.2) is 44.0 Å². The van der Waals surface area contributed by atoms with Gasteiger partial charge in [-0.2, -0.15) is 10.2 Å². The van der Waals surface area contributed by atoms with E-state index < -0.39 is 11.9 Å². The first kappa shape index (κ1) is 24.3. The average molecular weight is 468 g/mol. The summed E-state index contributed by atoms with van der Waals surface area (Å²) in [5.74, 6) is -2.07. The highest BCUT2D eigenvalue weighted by molar-refractivity contribution is 5.87. The Hall–Kier alpha value is -4.34. The summed E-state index contributed by atoms with van der Waals surface area (Å²) >= 11 is 0. The molecule has 0 saturated heterocycles. The Kier molecular flexibility index (Phi) is 8.22. The summed E-state index contributed by atoms with van der Waals surface area (Å²) in [7, 11) is 0. The second-order valence-electron chi connectivity index (χ2n) is 7.19. The lowest BCUT2D eigenvalue weighted by molar-refractivity contribution is 0.0519. The Labute approximate surface area is 193 Å². The molecule has 2 heterocycles. The number of hydrogen-bond donors (Lipinski definition) is 3. The summed E-state index contributed by atoms with van der Waals surface area (Å²) in [6.45, 7) is 2.06. The van der Waals surface area contributed by atoms with Gasteiger partial charge in [0.15, 0.2) is 11.4 Å². The summed E-state index contributed by atoms with van der Waals surface area (Å²) in [4.78, 5) is 22.0. The van der Waals surface area contributed by atoms with E-state index in [1.807, 2.05) is 0 Å². The number of hydrogen-bond acceptors (Lipinski definition) is 5. The third-order valence-electron chi connectivity index (χ3n) is 4.58. The van der Waals surface area contributed by atoms with E-state index in [1.165, 1.54) is 30.3 Å². The van der Waals surface area contributed by atoms with Crippen LogP contribution in [0.5, 0.6) is 0 Å². The number of carbonyl (C=O) groups is 2. The normalized spacial score (nSPS) is 10.3. The summed E-state index contributed by atoms with van der Waals surface area (Å²) in [5.41, 5.74) is 3.54. The van der Waals surface area contributed by atoms with Crippen molar-refractivity contribution in [3.05, 3.63) is 106 Å². The Morgan fingerprint density at radius 3 is 1.68 bits per heavy atom. The molecule has 0 aliphatic carbocycles. The number of rotatable bonds is 7. The minimum atomic E-state index is -1.07. The van der Waals surface area contributed by atoms with Crippen LogP contribution in [-0.2, 0) is 17.6 Å². The number of carbonyl (C=O) groups excluding carboxylic acids is 1. The molecular formula is C24H22F2N4O4. The molecule has 2 aromatic carbocycles. The third kappa shape index (κ3) is 7.09. The van der Waals surface area contributed by atoms with Crippen LogP contribution in [0.3, 0.4) is 0 Å². The van der Waals surface area contributed by atoms with E-state index >= 15 is 0 Å². The van der Waals surface area contributed by atoms with Gasteiger partial charge in [0.25, 0.3) is 0 Å². The highest BCUT2D eigenvalue weighted by atomic mass is 19.1. The number of carboxylic acids is 1. The second-order valence-corrected chi connectivity index (χ2v) is 7.19. The van der Waals surface area contributed by atoms with E-state index in [0.29, 0.717) is 25.1 Å². The first-order valence-corrected chi connectivity index (χ1v) is 10.3. The molecule has 0 atom stereocenters.